The Hall–Kier alpha value is -2.43. The van der Waals surface area contributed by atoms with Gasteiger partial charge in [-0.15, -0.1) is 0 Å². The molecule has 0 amide bonds. The number of hydrogen-bond acceptors (Lipinski definition) is 3. The lowest BCUT2D eigenvalue weighted by atomic mass is 10.1. The summed E-state index contributed by atoms with van der Waals surface area (Å²) in [6.45, 7) is 1.97. The van der Waals surface area contributed by atoms with E-state index >= 15 is 0 Å². The fraction of sp³-hybridized carbons (Fsp3) is 0.188. The minimum absolute atomic E-state index is 0.120. The molecule has 2 aromatic rings. The molecule has 0 heterocycles. The van der Waals surface area contributed by atoms with Crippen LogP contribution in [-0.4, -0.2) is 13.1 Å². The van der Waals surface area contributed by atoms with Crippen LogP contribution >= 0.6 is 0 Å². The van der Waals surface area contributed by atoms with Gasteiger partial charge in [0.05, 0.1) is 12.7 Å². The SMILES string of the molecule is COC(=O)c1ccc(C)c(NCc2cccc(F)c2F)c1. The number of carbonyl (C=O) groups is 1. The molecular formula is C16H15F2NO2. The smallest absolute Gasteiger partial charge is 0.337 e. The van der Waals surface area contributed by atoms with Gasteiger partial charge >= 0.3 is 5.97 Å². The average molecular weight is 291 g/mol. The zero-order chi connectivity index (χ0) is 15.4. The van der Waals surface area contributed by atoms with Gasteiger partial charge < -0.3 is 10.1 Å². The first-order valence-corrected chi connectivity index (χ1v) is 6.38. The first-order chi connectivity index (χ1) is 10.0. The van der Waals surface area contributed by atoms with E-state index in [4.69, 9.17) is 0 Å². The number of halogens is 2. The van der Waals surface area contributed by atoms with Crippen LogP contribution in [0.15, 0.2) is 36.4 Å². The van der Waals surface area contributed by atoms with Crippen LogP contribution in [0.1, 0.15) is 21.5 Å². The molecule has 0 radical (unpaired) electrons. The van der Waals surface area contributed by atoms with E-state index in [1.807, 2.05) is 6.92 Å². The highest BCUT2D eigenvalue weighted by Gasteiger charge is 2.10. The average Bonchev–Trinajstić information content (AvgIpc) is 2.49. The van der Waals surface area contributed by atoms with Gasteiger partial charge in [0.1, 0.15) is 0 Å². The number of ether oxygens (including phenoxy) is 1. The van der Waals surface area contributed by atoms with E-state index in [0.29, 0.717) is 11.3 Å². The maximum absolute atomic E-state index is 13.6. The van der Waals surface area contributed by atoms with Gasteiger partial charge in [0.25, 0.3) is 0 Å². The van der Waals surface area contributed by atoms with Crippen LogP contribution in [0.3, 0.4) is 0 Å². The number of carbonyl (C=O) groups excluding carboxylic acids is 1. The number of nitrogens with one attached hydrogen (secondary N) is 1. The fourth-order valence-electron chi connectivity index (χ4n) is 1.93. The molecule has 0 unspecified atom stereocenters. The summed E-state index contributed by atoms with van der Waals surface area (Å²) in [6.07, 6.45) is 0. The van der Waals surface area contributed by atoms with Crippen LogP contribution in [0.5, 0.6) is 0 Å². The largest absolute Gasteiger partial charge is 0.465 e. The van der Waals surface area contributed by atoms with Crippen molar-refractivity contribution in [1.29, 1.82) is 0 Å². The van der Waals surface area contributed by atoms with Crippen molar-refractivity contribution in [3.8, 4) is 0 Å². The Morgan fingerprint density at radius 2 is 2.00 bits per heavy atom. The van der Waals surface area contributed by atoms with Gasteiger partial charge in [-0.3, -0.25) is 0 Å². The van der Waals surface area contributed by atoms with Gasteiger partial charge in [0.2, 0.25) is 0 Å². The summed E-state index contributed by atoms with van der Waals surface area (Å²) in [5.74, 6) is -2.20. The van der Waals surface area contributed by atoms with E-state index in [1.54, 1.807) is 18.2 Å². The molecule has 21 heavy (non-hydrogen) atoms. The Kier molecular flexibility index (Phi) is 4.52. The van der Waals surface area contributed by atoms with Crippen LogP contribution in [-0.2, 0) is 11.3 Å². The lowest BCUT2D eigenvalue weighted by molar-refractivity contribution is 0.0601. The van der Waals surface area contributed by atoms with E-state index in [2.05, 4.69) is 10.1 Å². The summed E-state index contributed by atoms with van der Waals surface area (Å²) in [5.41, 5.74) is 2.17. The predicted molar refractivity (Wildman–Crippen MR) is 76.2 cm³/mol. The lowest BCUT2D eigenvalue weighted by Crippen LogP contribution is -2.07. The molecule has 0 bridgehead atoms. The second-order valence-corrected chi connectivity index (χ2v) is 4.59. The number of hydrogen-bond donors (Lipinski definition) is 1. The van der Waals surface area contributed by atoms with E-state index in [-0.39, 0.29) is 12.1 Å². The zero-order valence-electron chi connectivity index (χ0n) is 11.7. The van der Waals surface area contributed by atoms with Crippen molar-refractivity contribution < 1.29 is 18.3 Å². The first kappa shape index (κ1) is 15.0. The lowest BCUT2D eigenvalue weighted by Gasteiger charge is -2.12. The van der Waals surface area contributed by atoms with Gasteiger partial charge in [0, 0.05) is 17.8 Å². The Labute approximate surface area is 121 Å². The Balaban J connectivity index is 2.19. The van der Waals surface area contributed by atoms with Crippen LogP contribution in [0.4, 0.5) is 14.5 Å². The van der Waals surface area contributed by atoms with Gasteiger partial charge in [-0.05, 0) is 30.7 Å². The number of esters is 1. The summed E-state index contributed by atoms with van der Waals surface area (Å²) in [5, 5.41) is 3.00. The molecule has 2 aromatic carbocycles. The quantitative estimate of drug-likeness (QED) is 0.873. The summed E-state index contributed by atoms with van der Waals surface area (Å²) >= 11 is 0. The van der Waals surface area contributed by atoms with Gasteiger partial charge in [-0.1, -0.05) is 18.2 Å². The topological polar surface area (TPSA) is 38.3 Å². The monoisotopic (exact) mass is 291 g/mol. The second kappa shape index (κ2) is 6.35. The third-order valence-corrected chi connectivity index (χ3v) is 3.16. The molecule has 0 fully saturated rings. The molecule has 1 N–H and O–H groups in total. The Morgan fingerprint density at radius 3 is 2.71 bits per heavy atom. The molecule has 0 spiro atoms. The summed E-state index contributed by atoms with van der Waals surface area (Å²) in [6, 6.07) is 9.06. The molecule has 3 nitrogen and oxygen atoms in total. The molecule has 0 aliphatic heterocycles. The highest BCUT2D eigenvalue weighted by Crippen LogP contribution is 2.19. The molecule has 0 aliphatic carbocycles. The van der Waals surface area contributed by atoms with Crippen molar-refractivity contribution in [3.05, 3.63) is 64.7 Å². The minimum Gasteiger partial charge on any atom is -0.465 e. The third-order valence-electron chi connectivity index (χ3n) is 3.16. The molecule has 0 aromatic heterocycles. The molecule has 0 atom stereocenters. The summed E-state index contributed by atoms with van der Waals surface area (Å²) in [4.78, 5) is 11.5. The maximum atomic E-state index is 13.6. The van der Waals surface area contributed by atoms with Crippen molar-refractivity contribution in [1.82, 2.24) is 0 Å². The minimum atomic E-state index is -0.880. The molecule has 5 heteroatoms. The predicted octanol–water partition coefficient (Wildman–Crippen LogP) is 3.67. The van der Waals surface area contributed by atoms with Gasteiger partial charge in [-0.2, -0.15) is 0 Å². The number of methoxy groups -OCH3 is 1. The normalized spacial score (nSPS) is 10.3. The van der Waals surface area contributed by atoms with Gasteiger partial charge in [0.15, 0.2) is 11.6 Å². The molecule has 0 saturated carbocycles. The highest BCUT2D eigenvalue weighted by molar-refractivity contribution is 5.90. The van der Waals surface area contributed by atoms with Crippen molar-refractivity contribution >= 4 is 11.7 Å². The van der Waals surface area contributed by atoms with E-state index in [0.717, 1.165) is 11.6 Å². The summed E-state index contributed by atoms with van der Waals surface area (Å²) in [7, 11) is 1.30. The number of rotatable bonds is 4. The standard InChI is InChI=1S/C16H15F2NO2/c1-10-6-7-11(16(20)21-2)8-14(10)19-9-12-4-3-5-13(17)15(12)18/h3-8,19H,9H2,1-2H3. The molecule has 2 rings (SSSR count). The van der Waals surface area contributed by atoms with Crippen LogP contribution in [0.2, 0.25) is 0 Å². The van der Waals surface area contributed by atoms with E-state index in [1.165, 1.54) is 19.2 Å². The zero-order valence-corrected chi connectivity index (χ0v) is 11.7. The molecular weight excluding hydrogens is 276 g/mol. The van der Waals surface area contributed by atoms with E-state index in [9.17, 15) is 13.6 Å². The van der Waals surface area contributed by atoms with Crippen molar-refractivity contribution in [2.75, 3.05) is 12.4 Å². The highest BCUT2D eigenvalue weighted by atomic mass is 19.2. The van der Waals surface area contributed by atoms with E-state index < -0.39 is 17.6 Å². The molecule has 0 saturated heterocycles. The number of aryl methyl sites for hydroxylation is 1. The van der Waals surface area contributed by atoms with Crippen LogP contribution < -0.4 is 5.32 Å². The van der Waals surface area contributed by atoms with Crippen LogP contribution in [0.25, 0.3) is 0 Å². The summed E-state index contributed by atoms with van der Waals surface area (Å²) < 4.78 is 31.4. The van der Waals surface area contributed by atoms with Crippen molar-refractivity contribution in [3.63, 3.8) is 0 Å². The first-order valence-electron chi connectivity index (χ1n) is 6.38. The Bertz CT molecular complexity index is 671. The Morgan fingerprint density at radius 1 is 1.24 bits per heavy atom. The number of anilines is 1. The fourth-order valence-corrected chi connectivity index (χ4v) is 1.93. The van der Waals surface area contributed by atoms with Crippen molar-refractivity contribution in [2.45, 2.75) is 13.5 Å². The van der Waals surface area contributed by atoms with Gasteiger partial charge in [-0.25, -0.2) is 13.6 Å². The third kappa shape index (κ3) is 3.37. The second-order valence-electron chi connectivity index (χ2n) is 4.59. The van der Waals surface area contributed by atoms with Crippen molar-refractivity contribution in [2.24, 2.45) is 0 Å². The maximum Gasteiger partial charge on any atom is 0.337 e. The number of benzene rings is 2. The molecule has 0 aliphatic rings. The molecule has 110 valence electrons. The van der Waals surface area contributed by atoms with Crippen LogP contribution in [0, 0.1) is 18.6 Å².